The average Bonchev–Trinajstić information content (AvgIpc) is 1.75. The summed E-state index contributed by atoms with van der Waals surface area (Å²) in [5, 5.41) is 3.11. The van der Waals surface area contributed by atoms with E-state index >= 15 is 0 Å². The second-order valence-corrected chi connectivity index (χ2v) is 0.957. The van der Waals surface area contributed by atoms with Gasteiger partial charge in [0.1, 0.15) is 0 Å². The van der Waals surface area contributed by atoms with Gasteiger partial charge in [-0.05, 0) is 13.1 Å². The van der Waals surface area contributed by atoms with Gasteiger partial charge in [-0.3, -0.25) is 0 Å². The van der Waals surface area contributed by atoms with Crippen molar-refractivity contribution in [2.45, 2.75) is 13.8 Å². The molecule has 0 aromatic carbocycles. The van der Waals surface area contributed by atoms with Gasteiger partial charge in [0.15, 0.2) is 0 Å². The SMILES string of the molecule is CCNCC.[C-]#[C-].[Li+].[Li+]. The molecule has 0 aromatic rings. The summed E-state index contributed by atoms with van der Waals surface area (Å²) < 4.78 is 0. The largest absolute Gasteiger partial charge is 1.00 e. The van der Waals surface area contributed by atoms with Crippen LogP contribution in [0.4, 0.5) is 0 Å². The van der Waals surface area contributed by atoms with Gasteiger partial charge in [0.05, 0.1) is 0 Å². The Bertz CT molecular complexity index is 35.3. The Morgan fingerprint density at radius 3 is 1.22 bits per heavy atom. The molecule has 0 saturated carbocycles. The van der Waals surface area contributed by atoms with Gasteiger partial charge in [-0.2, -0.15) is 0 Å². The van der Waals surface area contributed by atoms with Gasteiger partial charge in [0.25, 0.3) is 0 Å². The van der Waals surface area contributed by atoms with Crippen LogP contribution in [0.25, 0.3) is 0 Å². The Kier molecular flexibility index (Phi) is 94.3. The summed E-state index contributed by atoms with van der Waals surface area (Å²) in [6.07, 6.45) is 10.0. The first-order valence-electron chi connectivity index (χ1n) is 2.37. The number of hydrogen-bond donors (Lipinski definition) is 1. The fourth-order valence-corrected chi connectivity index (χ4v) is 0.250. The molecule has 0 aliphatic carbocycles. The molecular weight excluding hydrogens is 100.0 g/mol. The summed E-state index contributed by atoms with van der Waals surface area (Å²) in [5.74, 6) is 0. The van der Waals surface area contributed by atoms with Crippen molar-refractivity contribution in [1.29, 1.82) is 0 Å². The van der Waals surface area contributed by atoms with E-state index in [1.54, 1.807) is 0 Å². The molecule has 0 aromatic heterocycles. The van der Waals surface area contributed by atoms with E-state index < -0.39 is 0 Å². The summed E-state index contributed by atoms with van der Waals surface area (Å²) >= 11 is 0. The van der Waals surface area contributed by atoms with Gasteiger partial charge in [0, 0.05) is 0 Å². The molecule has 0 amide bonds. The molecule has 0 atom stereocenters. The molecule has 0 spiro atoms. The van der Waals surface area contributed by atoms with Crippen LogP contribution in [0.1, 0.15) is 13.8 Å². The normalized spacial score (nSPS) is 4.89. The fraction of sp³-hybridized carbons (Fsp3) is 0.667. The Labute approximate surface area is 82.7 Å². The molecule has 42 valence electrons. The standard InChI is InChI=1S/C4H11N.C2.2Li/c1-3-5-4-2;1-2;;/h5H,3-4H2,1-2H3;;;/q;-2;2*+1. The van der Waals surface area contributed by atoms with Gasteiger partial charge in [-0.15, -0.1) is 0 Å². The van der Waals surface area contributed by atoms with Gasteiger partial charge in [-0.1, -0.05) is 13.8 Å². The van der Waals surface area contributed by atoms with Gasteiger partial charge < -0.3 is 18.2 Å². The van der Waals surface area contributed by atoms with E-state index in [0.717, 1.165) is 13.1 Å². The van der Waals surface area contributed by atoms with E-state index in [0.29, 0.717) is 0 Å². The molecule has 9 heavy (non-hydrogen) atoms. The minimum atomic E-state index is 0. The van der Waals surface area contributed by atoms with Crippen LogP contribution >= 0.6 is 0 Å². The third kappa shape index (κ3) is 53.3. The first kappa shape index (κ1) is 22.6. The molecule has 0 fully saturated rings. The maximum absolute atomic E-state index is 5.00. The molecule has 0 rings (SSSR count). The van der Waals surface area contributed by atoms with E-state index in [1.165, 1.54) is 0 Å². The zero-order chi connectivity index (χ0) is 6.12. The van der Waals surface area contributed by atoms with Crippen LogP contribution in [-0.2, 0) is 0 Å². The van der Waals surface area contributed by atoms with Crippen molar-refractivity contribution in [3.05, 3.63) is 12.8 Å². The molecule has 0 unspecified atom stereocenters. The molecule has 0 aliphatic heterocycles. The molecule has 0 aliphatic rings. The van der Waals surface area contributed by atoms with Crippen LogP contribution in [0.3, 0.4) is 0 Å². The van der Waals surface area contributed by atoms with E-state index in [4.69, 9.17) is 12.8 Å². The predicted molar refractivity (Wildman–Crippen MR) is 30.7 cm³/mol. The molecule has 0 radical (unpaired) electrons. The third-order valence-electron chi connectivity index (χ3n) is 0.500. The van der Waals surface area contributed by atoms with Crippen molar-refractivity contribution in [1.82, 2.24) is 5.32 Å². The van der Waals surface area contributed by atoms with Crippen LogP contribution in [0, 0.1) is 12.8 Å². The Morgan fingerprint density at radius 2 is 1.22 bits per heavy atom. The quantitative estimate of drug-likeness (QED) is 0.213. The van der Waals surface area contributed by atoms with Crippen molar-refractivity contribution < 1.29 is 37.7 Å². The van der Waals surface area contributed by atoms with Gasteiger partial charge in [-0.25, -0.2) is 0 Å². The Hall–Kier alpha value is 0.715. The maximum Gasteiger partial charge on any atom is 1.00 e. The minimum Gasteiger partial charge on any atom is -1.00 e. The Balaban J connectivity index is -0.0000000286. The van der Waals surface area contributed by atoms with Gasteiger partial charge in [0.2, 0.25) is 0 Å². The van der Waals surface area contributed by atoms with Crippen LogP contribution in [0.15, 0.2) is 0 Å². The summed E-state index contributed by atoms with van der Waals surface area (Å²) in [7, 11) is 0. The van der Waals surface area contributed by atoms with E-state index in [2.05, 4.69) is 19.2 Å². The van der Waals surface area contributed by atoms with Crippen LogP contribution in [0.5, 0.6) is 0 Å². The van der Waals surface area contributed by atoms with Crippen molar-refractivity contribution in [2.75, 3.05) is 13.1 Å². The van der Waals surface area contributed by atoms with Crippen LogP contribution < -0.4 is 43.0 Å². The molecule has 1 N–H and O–H groups in total. The molecular formula is C6H11Li2N. The smallest absolute Gasteiger partial charge is 1.00 e. The topological polar surface area (TPSA) is 12.0 Å². The molecule has 0 saturated heterocycles. The fourth-order valence-electron chi connectivity index (χ4n) is 0.250. The number of rotatable bonds is 2. The second-order valence-electron chi connectivity index (χ2n) is 0.957. The zero-order valence-corrected chi connectivity index (χ0v) is 6.91. The van der Waals surface area contributed by atoms with Gasteiger partial charge >= 0.3 is 37.7 Å². The van der Waals surface area contributed by atoms with Crippen molar-refractivity contribution in [2.24, 2.45) is 0 Å². The van der Waals surface area contributed by atoms with Crippen molar-refractivity contribution in [3.8, 4) is 0 Å². The van der Waals surface area contributed by atoms with Crippen molar-refractivity contribution >= 4 is 0 Å². The number of hydrogen-bond acceptors (Lipinski definition) is 1. The average molecular weight is 111 g/mol. The molecule has 0 heterocycles. The van der Waals surface area contributed by atoms with Crippen molar-refractivity contribution in [3.63, 3.8) is 0 Å². The first-order valence-corrected chi connectivity index (χ1v) is 2.37. The van der Waals surface area contributed by atoms with E-state index in [9.17, 15) is 0 Å². The second kappa shape index (κ2) is 37.6. The summed E-state index contributed by atoms with van der Waals surface area (Å²) in [5.41, 5.74) is 0. The summed E-state index contributed by atoms with van der Waals surface area (Å²) in [6.45, 7) is 6.39. The zero-order valence-electron chi connectivity index (χ0n) is 6.91. The molecule has 3 heteroatoms. The third-order valence-corrected chi connectivity index (χ3v) is 0.500. The minimum absolute atomic E-state index is 0. The maximum atomic E-state index is 5.00. The predicted octanol–water partition coefficient (Wildman–Crippen LogP) is -5.21. The van der Waals surface area contributed by atoms with E-state index in [-0.39, 0.29) is 37.7 Å². The monoisotopic (exact) mass is 111 g/mol. The Morgan fingerprint density at radius 1 is 1.00 bits per heavy atom. The number of nitrogens with one attached hydrogen (secondary N) is 1. The summed E-state index contributed by atoms with van der Waals surface area (Å²) in [6, 6.07) is 0. The van der Waals surface area contributed by atoms with Crippen LogP contribution in [-0.4, -0.2) is 13.1 Å². The van der Waals surface area contributed by atoms with E-state index in [1.807, 2.05) is 0 Å². The molecule has 0 bridgehead atoms. The summed E-state index contributed by atoms with van der Waals surface area (Å²) in [4.78, 5) is 0. The van der Waals surface area contributed by atoms with Crippen LogP contribution in [0.2, 0.25) is 0 Å². The first-order chi connectivity index (χ1) is 3.41. The molecule has 1 nitrogen and oxygen atoms in total.